The standard InChI is InChI=1S/C16H20N4O4S3/c1-11(15(22)18-16-12(14(17)21)4-10-26-16)19-5-7-20(8-6-19)27(23,24)13-3-2-9-25-13/h2-4,9-11H,5-8H2,1H3,(H2,17,21)(H,18,22). The molecule has 146 valence electrons. The maximum absolute atomic E-state index is 12.6. The third-order valence-corrected chi connectivity index (χ3v) is 8.56. The minimum absolute atomic E-state index is 0.255. The number of hydrogen-bond donors (Lipinski definition) is 2. The van der Waals surface area contributed by atoms with E-state index in [1.807, 2.05) is 4.90 Å². The van der Waals surface area contributed by atoms with Crippen molar-refractivity contribution >= 4 is 49.5 Å². The van der Waals surface area contributed by atoms with Gasteiger partial charge in [0.15, 0.2) is 0 Å². The number of hydrogen-bond acceptors (Lipinski definition) is 7. The Hall–Kier alpha value is -1.79. The highest BCUT2D eigenvalue weighted by molar-refractivity contribution is 7.91. The Morgan fingerprint density at radius 3 is 2.44 bits per heavy atom. The monoisotopic (exact) mass is 428 g/mol. The number of nitrogens with one attached hydrogen (secondary N) is 1. The zero-order chi connectivity index (χ0) is 19.6. The van der Waals surface area contributed by atoms with Crippen LogP contribution < -0.4 is 11.1 Å². The van der Waals surface area contributed by atoms with Gasteiger partial charge in [-0.05, 0) is 29.8 Å². The lowest BCUT2D eigenvalue weighted by atomic mass is 10.2. The molecular weight excluding hydrogens is 408 g/mol. The first-order chi connectivity index (χ1) is 12.8. The Bertz CT molecular complexity index is 915. The van der Waals surface area contributed by atoms with Crippen molar-refractivity contribution in [1.82, 2.24) is 9.21 Å². The van der Waals surface area contributed by atoms with Crippen LogP contribution in [-0.2, 0) is 14.8 Å². The average Bonchev–Trinajstić information content (AvgIpc) is 3.33. The highest BCUT2D eigenvalue weighted by Gasteiger charge is 2.32. The van der Waals surface area contributed by atoms with E-state index in [9.17, 15) is 18.0 Å². The summed E-state index contributed by atoms with van der Waals surface area (Å²) in [4.78, 5) is 25.8. The molecule has 0 spiro atoms. The number of anilines is 1. The number of amides is 2. The number of carbonyl (C=O) groups excluding carboxylic acids is 2. The SMILES string of the molecule is CC(C(=O)Nc1sccc1C(N)=O)N1CCN(S(=O)(=O)c2cccs2)CC1. The van der Waals surface area contributed by atoms with Gasteiger partial charge in [0.1, 0.15) is 9.21 Å². The molecule has 0 bridgehead atoms. The fraction of sp³-hybridized carbons (Fsp3) is 0.375. The van der Waals surface area contributed by atoms with Crippen molar-refractivity contribution in [1.29, 1.82) is 0 Å². The lowest BCUT2D eigenvalue weighted by Gasteiger charge is -2.36. The molecule has 1 atom stereocenters. The van der Waals surface area contributed by atoms with Gasteiger partial charge in [-0.2, -0.15) is 4.31 Å². The van der Waals surface area contributed by atoms with Crippen LogP contribution in [0.2, 0.25) is 0 Å². The smallest absolute Gasteiger partial charge is 0.252 e. The van der Waals surface area contributed by atoms with Gasteiger partial charge >= 0.3 is 0 Å². The molecule has 27 heavy (non-hydrogen) atoms. The molecule has 2 aromatic rings. The van der Waals surface area contributed by atoms with Crippen molar-refractivity contribution < 1.29 is 18.0 Å². The second kappa shape index (κ2) is 8.07. The van der Waals surface area contributed by atoms with Crippen LogP contribution in [0.5, 0.6) is 0 Å². The molecule has 1 unspecified atom stereocenters. The fourth-order valence-electron chi connectivity index (χ4n) is 2.85. The van der Waals surface area contributed by atoms with E-state index in [0.717, 1.165) is 0 Å². The largest absolute Gasteiger partial charge is 0.366 e. The number of thiophene rings is 2. The number of primary amides is 1. The summed E-state index contributed by atoms with van der Waals surface area (Å²) in [6.07, 6.45) is 0. The molecule has 3 N–H and O–H groups in total. The highest BCUT2D eigenvalue weighted by atomic mass is 32.2. The molecule has 11 heteroatoms. The topological polar surface area (TPSA) is 113 Å². The molecule has 1 fully saturated rings. The molecule has 3 rings (SSSR count). The van der Waals surface area contributed by atoms with Crippen LogP contribution in [0.25, 0.3) is 0 Å². The normalized spacial score (nSPS) is 17.5. The molecule has 3 heterocycles. The number of nitrogens with two attached hydrogens (primary N) is 1. The Labute approximate surface area is 165 Å². The highest BCUT2D eigenvalue weighted by Crippen LogP contribution is 2.24. The maximum Gasteiger partial charge on any atom is 0.252 e. The summed E-state index contributed by atoms with van der Waals surface area (Å²) in [7, 11) is -3.47. The third-order valence-electron chi connectivity index (χ3n) is 4.46. The summed E-state index contributed by atoms with van der Waals surface area (Å²) in [5, 5.41) is 6.59. The lowest BCUT2D eigenvalue weighted by molar-refractivity contribution is -0.121. The molecule has 0 saturated carbocycles. The molecule has 1 saturated heterocycles. The molecule has 2 aromatic heterocycles. The van der Waals surface area contributed by atoms with E-state index >= 15 is 0 Å². The second-order valence-electron chi connectivity index (χ2n) is 6.07. The van der Waals surface area contributed by atoms with Crippen molar-refractivity contribution in [3.05, 3.63) is 34.5 Å². The summed E-state index contributed by atoms with van der Waals surface area (Å²) < 4.78 is 26.9. The first kappa shape index (κ1) is 20.0. The van der Waals surface area contributed by atoms with Crippen LogP contribution in [0.3, 0.4) is 0 Å². The Morgan fingerprint density at radius 1 is 1.15 bits per heavy atom. The molecule has 0 aliphatic carbocycles. The van der Waals surface area contributed by atoms with Gasteiger partial charge in [0.05, 0.1) is 11.6 Å². The molecule has 2 amide bonds. The van der Waals surface area contributed by atoms with E-state index in [-0.39, 0.29) is 11.5 Å². The number of sulfonamides is 1. The zero-order valence-corrected chi connectivity index (χ0v) is 17.1. The number of piperazine rings is 1. The van der Waals surface area contributed by atoms with E-state index in [2.05, 4.69) is 5.32 Å². The van der Waals surface area contributed by atoms with Gasteiger partial charge in [0.2, 0.25) is 5.91 Å². The quantitative estimate of drug-likeness (QED) is 0.719. The predicted octanol–water partition coefficient (Wildman–Crippen LogP) is 1.24. The Kier molecular flexibility index (Phi) is 5.96. The molecule has 8 nitrogen and oxygen atoms in total. The van der Waals surface area contributed by atoms with Gasteiger partial charge in [0.25, 0.3) is 15.9 Å². The lowest BCUT2D eigenvalue weighted by Crippen LogP contribution is -2.53. The summed E-state index contributed by atoms with van der Waals surface area (Å²) in [6.45, 7) is 3.31. The fourth-order valence-corrected chi connectivity index (χ4v) is 6.21. The zero-order valence-electron chi connectivity index (χ0n) is 14.6. The molecule has 1 aliphatic heterocycles. The second-order valence-corrected chi connectivity index (χ2v) is 10.1. The van der Waals surface area contributed by atoms with E-state index in [4.69, 9.17) is 5.73 Å². The van der Waals surface area contributed by atoms with Gasteiger partial charge in [-0.1, -0.05) is 6.07 Å². The average molecular weight is 429 g/mol. The summed E-state index contributed by atoms with van der Waals surface area (Å²) in [5.74, 6) is -0.846. The number of carbonyl (C=O) groups is 2. The molecular formula is C16H20N4O4S3. The van der Waals surface area contributed by atoms with E-state index in [1.165, 1.54) is 27.0 Å². The van der Waals surface area contributed by atoms with E-state index in [1.54, 1.807) is 35.9 Å². The van der Waals surface area contributed by atoms with Crippen molar-refractivity contribution in [2.24, 2.45) is 5.73 Å². The number of rotatable bonds is 6. The van der Waals surface area contributed by atoms with E-state index in [0.29, 0.717) is 35.4 Å². The van der Waals surface area contributed by atoms with Crippen molar-refractivity contribution in [3.63, 3.8) is 0 Å². The minimum Gasteiger partial charge on any atom is -0.366 e. The van der Waals surface area contributed by atoms with Crippen molar-refractivity contribution in [3.8, 4) is 0 Å². The molecule has 0 radical (unpaired) electrons. The van der Waals surface area contributed by atoms with Gasteiger partial charge in [-0.15, -0.1) is 22.7 Å². The van der Waals surface area contributed by atoms with Crippen molar-refractivity contribution in [2.75, 3.05) is 31.5 Å². The maximum atomic E-state index is 12.6. The third kappa shape index (κ3) is 4.22. The minimum atomic E-state index is -3.47. The van der Waals surface area contributed by atoms with Crippen LogP contribution in [0.1, 0.15) is 17.3 Å². The number of nitrogens with zero attached hydrogens (tertiary/aromatic N) is 2. The first-order valence-electron chi connectivity index (χ1n) is 8.26. The van der Waals surface area contributed by atoms with Crippen LogP contribution >= 0.6 is 22.7 Å². The molecule has 1 aliphatic rings. The van der Waals surface area contributed by atoms with Gasteiger partial charge in [-0.25, -0.2) is 8.42 Å². The van der Waals surface area contributed by atoms with Crippen LogP contribution in [0.15, 0.2) is 33.2 Å². The summed E-state index contributed by atoms with van der Waals surface area (Å²) >= 11 is 2.43. The van der Waals surface area contributed by atoms with Crippen molar-refractivity contribution in [2.45, 2.75) is 17.2 Å². The predicted molar refractivity (Wildman–Crippen MR) is 106 cm³/mol. The molecule has 0 aromatic carbocycles. The van der Waals surface area contributed by atoms with Crippen LogP contribution in [-0.4, -0.2) is 61.7 Å². The van der Waals surface area contributed by atoms with Gasteiger partial charge < -0.3 is 11.1 Å². The Morgan fingerprint density at radius 2 is 1.85 bits per heavy atom. The Balaban J connectivity index is 1.60. The van der Waals surface area contributed by atoms with Gasteiger partial charge in [0, 0.05) is 26.2 Å². The van der Waals surface area contributed by atoms with Crippen LogP contribution in [0, 0.1) is 0 Å². The van der Waals surface area contributed by atoms with Gasteiger partial charge in [-0.3, -0.25) is 14.5 Å². The summed E-state index contributed by atoms with van der Waals surface area (Å²) in [5.41, 5.74) is 5.58. The van der Waals surface area contributed by atoms with E-state index < -0.39 is 22.0 Å². The van der Waals surface area contributed by atoms with Crippen LogP contribution in [0.4, 0.5) is 5.00 Å². The summed E-state index contributed by atoms with van der Waals surface area (Å²) in [6, 6.07) is 4.42. The first-order valence-corrected chi connectivity index (χ1v) is 11.5.